The van der Waals surface area contributed by atoms with Crippen molar-refractivity contribution in [2.24, 2.45) is 0 Å². The van der Waals surface area contributed by atoms with Crippen molar-refractivity contribution < 1.29 is 4.79 Å². The fraction of sp³-hybridized carbons (Fsp3) is 0.414. The average molecular weight is 513 g/mol. The number of fused-ring (bicyclic) bond motifs is 2. The summed E-state index contributed by atoms with van der Waals surface area (Å²) in [6.07, 6.45) is 11.9. The average Bonchev–Trinajstić information content (AvgIpc) is 3.59. The molecule has 9 nitrogen and oxygen atoms in total. The third-order valence-electron chi connectivity index (χ3n) is 7.18. The first-order valence-corrected chi connectivity index (χ1v) is 13.3. The Morgan fingerprint density at radius 1 is 1.16 bits per heavy atom. The lowest BCUT2D eigenvalue weighted by molar-refractivity contribution is 0.102. The largest absolute Gasteiger partial charge is 0.326 e. The van der Waals surface area contributed by atoms with Crippen LogP contribution >= 0.6 is 0 Å². The van der Waals surface area contributed by atoms with E-state index >= 15 is 0 Å². The molecule has 4 aromatic heterocycles. The van der Waals surface area contributed by atoms with E-state index in [0.717, 1.165) is 58.8 Å². The minimum absolute atomic E-state index is 0.204. The summed E-state index contributed by atoms with van der Waals surface area (Å²) in [7, 11) is 4.14. The number of pyridine rings is 2. The standard InChI is InChI=1S/C29H36N8O/c1-7-22(10-11-35(5)6)36-17-21(15-32-36)34-29(38)20-12-24-23(8-9-25(24)30-14-20)26-13-28-27(16-31-26)33-19(4)37(28)18(2)3/h8,12-18,22H,7,9-11H2,1-6H3,(H,34,38). The molecule has 4 aromatic rings. The lowest BCUT2D eigenvalue weighted by Gasteiger charge is -2.18. The number of hydrogen-bond acceptors (Lipinski definition) is 6. The van der Waals surface area contributed by atoms with E-state index in [4.69, 9.17) is 4.98 Å². The van der Waals surface area contributed by atoms with Crippen LogP contribution in [0.25, 0.3) is 16.6 Å². The molecule has 0 aromatic carbocycles. The highest BCUT2D eigenvalue weighted by Crippen LogP contribution is 2.33. The van der Waals surface area contributed by atoms with E-state index in [0.29, 0.717) is 23.7 Å². The number of amides is 1. The Hall–Kier alpha value is -3.85. The van der Waals surface area contributed by atoms with Gasteiger partial charge in [0.2, 0.25) is 0 Å². The van der Waals surface area contributed by atoms with Gasteiger partial charge in [-0.05, 0) is 66.4 Å². The Morgan fingerprint density at radius 2 is 1.97 bits per heavy atom. The molecule has 1 atom stereocenters. The maximum atomic E-state index is 13.2. The first kappa shape index (κ1) is 25.8. The smallest absolute Gasteiger partial charge is 0.257 e. The molecule has 1 aliphatic carbocycles. The lowest BCUT2D eigenvalue weighted by atomic mass is 10.0. The normalized spacial score (nSPS) is 13.8. The summed E-state index contributed by atoms with van der Waals surface area (Å²) in [6.45, 7) is 9.48. The third-order valence-corrected chi connectivity index (χ3v) is 7.18. The molecule has 0 saturated carbocycles. The summed E-state index contributed by atoms with van der Waals surface area (Å²) in [5, 5.41) is 7.51. The molecule has 1 N–H and O–H groups in total. The minimum atomic E-state index is -0.204. The highest BCUT2D eigenvalue weighted by molar-refractivity contribution is 6.04. The van der Waals surface area contributed by atoms with Crippen LogP contribution in [0.4, 0.5) is 5.69 Å². The Kier molecular flexibility index (Phi) is 7.12. The Labute approximate surface area is 223 Å². The lowest BCUT2D eigenvalue weighted by Crippen LogP contribution is -2.19. The molecule has 9 heteroatoms. The van der Waals surface area contributed by atoms with Crippen LogP contribution in [0.5, 0.6) is 0 Å². The van der Waals surface area contributed by atoms with E-state index in [1.807, 2.05) is 30.1 Å². The molecule has 0 saturated heterocycles. The van der Waals surface area contributed by atoms with E-state index < -0.39 is 0 Å². The van der Waals surface area contributed by atoms with Crippen LogP contribution in [0.3, 0.4) is 0 Å². The molecule has 0 radical (unpaired) electrons. The van der Waals surface area contributed by atoms with E-state index in [1.54, 1.807) is 12.4 Å². The zero-order chi connectivity index (χ0) is 27.0. The quantitative estimate of drug-likeness (QED) is 0.337. The summed E-state index contributed by atoms with van der Waals surface area (Å²) in [4.78, 5) is 29.3. The van der Waals surface area contributed by atoms with Gasteiger partial charge in [0, 0.05) is 36.0 Å². The number of hydrogen-bond donors (Lipinski definition) is 1. The molecule has 198 valence electrons. The van der Waals surface area contributed by atoms with Crippen LogP contribution in [0.1, 0.15) is 78.8 Å². The number of anilines is 1. The molecule has 0 bridgehead atoms. The van der Waals surface area contributed by atoms with Gasteiger partial charge in [0.25, 0.3) is 5.91 Å². The molecule has 1 amide bonds. The Bertz CT molecular complexity index is 1510. The van der Waals surface area contributed by atoms with Gasteiger partial charge < -0.3 is 14.8 Å². The molecule has 0 fully saturated rings. The summed E-state index contributed by atoms with van der Waals surface area (Å²) in [5.41, 5.74) is 6.89. The SMILES string of the molecule is CCC(CCN(C)C)n1cc(NC(=O)c2cnc3c(c2)C(c2cc4c(cn2)nc(C)n4C(C)C)=CC3)cn1. The van der Waals surface area contributed by atoms with Crippen molar-refractivity contribution >= 4 is 28.2 Å². The topological polar surface area (TPSA) is 93.8 Å². The van der Waals surface area contributed by atoms with Gasteiger partial charge in [0.1, 0.15) is 11.3 Å². The van der Waals surface area contributed by atoms with Crippen molar-refractivity contribution in [1.82, 2.24) is 34.2 Å². The van der Waals surface area contributed by atoms with Crippen LogP contribution in [-0.4, -0.2) is 60.7 Å². The number of carbonyl (C=O) groups is 1. The molecular formula is C29H36N8O. The van der Waals surface area contributed by atoms with Crippen molar-refractivity contribution in [2.45, 2.75) is 59.0 Å². The van der Waals surface area contributed by atoms with E-state index in [-0.39, 0.29) is 11.9 Å². The second-order valence-corrected chi connectivity index (χ2v) is 10.5. The van der Waals surface area contributed by atoms with Gasteiger partial charge in [-0.15, -0.1) is 0 Å². The van der Waals surface area contributed by atoms with Crippen molar-refractivity contribution in [3.63, 3.8) is 0 Å². The number of aryl methyl sites for hydroxylation is 1. The summed E-state index contributed by atoms with van der Waals surface area (Å²) >= 11 is 0. The number of rotatable bonds is 9. The molecule has 4 heterocycles. The molecule has 0 spiro atoms. The molecule has 1 unspecified atom stereocenters. The first-order chi connectivity index (χ1) is 18.2. The molecule has 5 rings (SSSR count). The number of nitrogens with zero attached hydrogens (tertiary/aromatic N) is 7. The molecular weight excluding hydrogens is 476 g/mol. The number of aromatic nitrogens is 6. The molecule has 1 aliphatic rings. The van der Waals surface area contributed by atoms with Crippen molar-refractivity contribution in [1.29, 1.82) is 0 Å². The number of imidazole rings is 1. The van der Waals surface area contributed by atoms with Gasteiger partial charge in [-0.25, -0.2) is 4.98 Å². The van der Waals surface area contributed by atoms with Gasteiger partial charge in [-0.2, -0.15) is 5.10 Å². The zero-order valence-electron chi connectivity index (χ0n) is 23.1. The van der Waals surface area contributed by atoms with Crippen molar-refractivity contribution in [3.8, 4) is 0 Å². The van der Waals surface area contributed by atoms with Gasteiger partial charge in [0.15, 0.2) is 0 Å². The predicted molar refractivity (Wildman–Crippen MR) is 150 cm³/mol. The monoisotopic (exact) mass is 512 g/mol. The van der Waals surface area contributed by atoms with Crippen LogP contribution in [0.15, 0.2) is 43.0 Å². The summed E-state index contributed by atoms with van der Waals surface area (Å²) < 4.78 is 4.18. The van der Waals surface area contributed by atoms with Crippen LogP contribution < -0.4 is 5.32 Å². The summed E-state index contributed by atoms with van der Waals surface area (Å²) in [5.74, 6) is 0.769. The second-order valence-electron chi connectivity index (χ2n) is 10.5. The Morgan fingerprint density at radius 3 is 2.71 bits per heavy atom. The highest BCUT2D eigenvalue weighted by Gasteiger charge is 2.22. The Balaban J connectivity index is 1.37. The fourth-order valence-electron chi connectivity index (χ4n) is 5.22. The number of nitrogens with one attached hydrogen (secondary N) is 1. The van der Waals surface area contributed by atoms with Gasteiger partial charge >= 0.3 is 0 Å². The zero-order valence-corrected chi connectivity index (χ0v) is 23.1. The van der Waals surface area contributed by atoms with Gasteiger partial charge in [-0.1, -0.05) is 13.0 Å². The highest BCUT2D eigenvalue weighted by atomic mass is 16.1. The fourth-order valence-corrected chi connectivity index (χ4v) is 5.22. The maximum Gasteiger partial charge on any atom is 0.257 e. The van der Waals surface area contributed by atoms with Gasteiger partial charge in [0.05, 0.1) is 46.6 Å². The number of carbonyl (C=O) groups excluding carboxylic acids is 1. The van der Waals surface area contributed by atoms with Crippen LogP contribution in [0.2, 0.25) is 0 Å². The van der Waals surface area contributed by atoms with E-state index in [2.05, 4.69) is 76.9 Å². The number of allylic oxidation sites excluding steroid dienone is 1. The van der Waals surface area contributed by atoms with E-state index in [9.17, 15) is 4.79 Å². The van der Waals surface area contributed by atoms with E-state index in [1.165, 1.54) is 0 Å². The van der Waals surface area contributed by atoms with Crippen LogP contribution in [-0.2, 0) is 6.42 Å². The summed E-state index contributed by atoms with van der Waals surface area (Å²) in [6, 6.07) is 4.60. The third kappa shape index (κ3) is 4.98. The molecule has 38 heavy (non-hydrogen) atoms. The van der Waals surface area contributed by atoms with Crippen LogP contribution in [0, 0.1) is 6.92 Å². The van der Waals surface area contributed by atoms with Crippen molar-refractivity contribution in [2.75, 3.05) is 26.0 Å². The predicted octanol–water partition coefficient (Wildman–Crippen LogP) is 5.06. The minimum Gasteiger partial charge on any atom is -0.326 e. The molecule has 0 aliphatic heterocycles. The van der Waals surface area contributed by atoms with Crippen molar-refractivity contribution in [3.05, 3.63) is 71.3 Å². The van der Waals surface area contributed by atoms with Gasteiger partial charge in [-0.3, -0.25) is 19.4 Å². The first-order valence-electron chi connectivity index (χ1n) is 13.3. The maximum absolute atomic E-state index is 13.2. The second kappa shape index (κ2) is 10.5.